The lowest BCUT2D eigenvalue weighted by Crippen LogP contribution is -2.63. The number of aliphatic hydroxyl groups is 2. The fourth-order valence-electron chi connectivity index (χ4n) is 13.7. The summed E-state index contributed by atoms with van der Waals surface area (Å²) in [6, 6.07) is -13.2. The number of hydrogen-bond acceptors (Lipinski definition) is 28. The third-order valence-electron chi connectivity index (χ3n) is 20.6. The van der Waals surface area contributed by atoms with E-state index in [2.05, 4.69) is 79.1 Å². The van der Waals surface area contributed by atoms with Crippen LogP contribution in [0.3, 0.4) is 0 Å². The van der Waals surface area contributed by atoms with Gasteiger partial charge in [0, 0.05) is 44.8 Å². The molecule has 1 saturated heterocycles. The number of nitrogens with two attached hydrogens (primary N) is 5. The summed E-state index contributed by atoms with van der Waals surface area (Å²) in [5.74, 6) is -26.0. The molecule has 0 saturated carbocycles. The lowest BCUT2D eigenvalue weighted by atomic mass is 10.00. The molecule has 3 aromatic rings. The number of carboxylic acids is 5. The molecule has 4 rings (SSSR count). The molecule has 724 valence electrons. The highest BCUT2D eigenvalue weighted by molar-refractivity contribution is 6.02. The molecule has 0 aliphatic carbocycles. The minimum absolute atomic E-state index is 0.0417. The van der Waals surface area contributed by atoms with E-state index in [9.17, 15) is 127 Å². The first-order chi connectivity index (χ1) is 62.0. The first-order valence-electron chi connectivity index (χ1n) is 42.6. The van der Waals surface area contributed by atoms with E-state index in [1.54, 1.807) is 44.2 Å². The summed E-state index contributed by atoms with van der Waals surface area (Å²) in [5, 5.41) is 111. The number of amides is 15. The number of carbonyl (C=O) groups is 20. The Morgan fingerprint density at radius 2 is 0.840 bits per heavy atom. The van der Waals surface area contributed by atoms with Crippen LogP contribution in [0.15, 0.2) is 67.1 Å². The van der Waals surface area contributed by atoms with Gasteiger partial charge in [-0.2, -0.15) is 0 Å². The van der Waals surface area contributed by atoms with Gasteiger partial charge in [0.25, 0.3) is 0 Å². The van der Waals surface area contributed by atoms with E-state index in [1.165, 1.54) is 36.8 Å². The Kier molecular flexibility index (Phi) is 47.7. The Balaban J connectivity index is 1.68. The molecule has 32 N–H and O–H groups in total. The van der Waals surface area contributed by atoms with Crippen LogP contribution in [0.25, 0.3) is 0 Å². The van der Waals surface area contributed by atoms with E-state index in [0.717, 1.165) is 11.8 Å². The summed E-state index contributed by atoms with van der Waals surface area (Å²) in [6.07, 6.45) is -5.63. The number of benzene rings is 2. The van der Waals surface area contributed by atoms with Crippen molar-refractivity contribution in [3.8, 4) is 5.75 Å². The maximum Gasteiger partial charge on any atom is 0.326 e. The molecule has 2 heterocycles. The number of likely N-dealkylation sites (tertiary alicyclic amines) is 1. The predicted molar refractivity (Wildman–Crippen MR) is 459 cm³/mol. The lowest BCUT2D eigenvalue weighted by Gasteiger charge is -2.30. The number of imidazole rings is 1. The van der Waals surface area contributed by atoms with Crippen molar-refractivity contribution in [3.63, 3.8) is 0 Å². The number of aliphatic carboxylic acids is 5. The third kappa shape index (κ3) is 39.6. The number of aromatic nitrogens is 2. The van der Waals surface area contributed by atoms with Crippen molar-refractivity contribution < 1.29 is 137 Å². The van der Waals surface area contributed by atoms with Gasteiger partial charge < -0.3 is 149 Å². The van der Waals surface area contributed by atoms with Gasteiger partial charge in [0.05, 0.1) is 50.0 Å². The van der Waals surface area contributed by atoms with Crippen molar-refractivity contribution in [1.29, 1.82) is 0 Å². The van der Waals surface area contributed by atoms with Crippen molar-refractivity contribution >= 4 is 118 Å². The fraction of sp³-hybridized carbons (Fsp3) is 0.573. The molecule has 2 aromatic carbocycles. The zero-order valence-corrected chi connectivity index (χ0v) is 72.8. The first kappa shape index (κ1) is 110. The highest BCUT2D eigenvalue weighted by atomic mass is 16.4. The largest absolute Gasteiger partial charge is 0.508 e. The quantitative estimate of drug-likeness (QED) is 0.0233. The molecule has 1 aliphatic heterocycles. The topological polar surface area (TPSA) is 822 Å². The number of rotatable bonds is 62. The zero-order valence-electron chi connectivity index (χ0n) is 72.8. The number of aromatic hydroxyl groups is 1. The molecule has 1 aliphatic rings. The van der Waals surface area contributed by atoms with Crippen LogP contribution in [0.4, 0.5) is 0 Å². The second-order valence-corrected chi connectivity index (χ2v) is 31.8. The van der Waals surface area contributed by atoms with Crippen molar-refractivity contribution in [2.75, 3.05) is 32.8 Å². The number of phenolic OH excluding ortho intramolecular Hbond substituents is 1. The molecular weight excluding hydrogens is 1730 g/mol. The van der Waals surface area contributed by atoms with Crippen LogP contribution in [-0.2, 0) is 115 Å². The second-order valence-electron chi connectivity index (χ2n) is 31.8. The number of phenols is 1. The highest BCUT2D eigenvalue weighted by Crippen LogP contribution is 2.21. The molecule has 1 aromatic heterocycles. The molecule has 49 nitrogen and oxygen atoms in total. The number of primary amides is 1. The normalized spacial score (nSPS) is 15.7. The molecular formula is C82H123N21O28. The number of nitrogens with zero attached hydrogens (tertiary/aromatic N) is 2. The minimum atomic E-state index is -2.08. The van der Waals surface area contributed by atoms with Crippen LogP contribution < -0.4 is 97.8 Å². The molecule has 16 atom stereocenters. The number of unbranched alkanes of at least 4 members (excludes halogenated alkanes) is 3. The number of aromatic amines is 1. The summed E-state index contributed by atoms with van der Waals surface area (Å²) in [4.78, 5) is 280. The van der Waals surface area contributed by atoms with Gasteiger partial charge in [-0.3, -0.25) is 91.1 Å². The van der Waals surface area contributed by atoms with Gasteiger partial charge in [0.1, 0.15) is 90.3 Å². The third-order valence-corrected chi connectivity index (χ3v) is 20.6. The number of carboxylic acid groups (broad SMARTS) is 5. The van der Waals surface area contributed by atoms with E-state index >= 15 is 9.59 Å². The molecule has 131 heavy (non-hydrogen) atoms. The van der Waals surface area contributed by atoms with Crippen LogP contribution >= 0.6 is 0 Å². The van der Waals surface area contributed by atoms with E-state index in [4.69, 9.17) is 28.7 Å². The monoisotopic (exact) mass is 1850 g/mol. The molecule has 0 bridgehead atoms. The molecule has 15 amide bonds. The molecule has 49 heteroatoms. The number of hydrogen-bond donors (Lipinski definition) is 27. The van der Waals surface area contributed by atoms with Gasteiger partial charge in [-0.25, -0.2) is 9.78 Å². The molecule has 1 fully saturated rings. The van der Waals surface area contributed by atoms with E-state index < -0.39 is 285 Å². The lowest BCUT2D eigenvalue weighted by molar-refractivity contribution is -0.148. The molecule has 0 radical (unpaired) electrons. The number of carbonyl (C=O) groups excluding carboxylic acids is 15. The highest BCUT2D eigenvalue weighted by Gasteiger charge is 2.43. The molecule has 0 spiro atoms. The van der Waals surface area contributed by atoms with Crippen LogP contribution in [0.2, 0.25) is 0 Å². The van der Waals surface area contributed by atoms with Crippen LogP contribution in [0, 0.1) is 5.92 Å². The van der Waals surface area contributed by atoms with Gasteiger partial charge >= 0.3 is 29.8 Å². The van der Waals surface area contributed by atoms with Crippen molar-refractivity contribution in [2.45, 2.75) is 259 Å². The average molecular weight is 1850 g/mol. The van der Waals surface area contributed by atoms with Gasteiger partial charge in [-0.15, -0.1) is 0 Å². The summed E-state index contributed by atoms with van der Waals surface area (Å²) >= 11 is 0. The maximum atomic E-state index is 15.2. The van der Waals surface area contributed by atoms with Gasteiger partial charge in [0.15, 0.2) is 0 Å². The van der Waals surface area contributed by atoms with Crippen molar-refractivity contribution in [3.05, 3.63) is 83.9 Å². The minimum Gasteiger partial charge on any atom is -0.508 e. The van der Waals surface area contributed by atoms with E-state index in [-0.39, 0.29) is 114 Å². The Bertz CT molecular complexity index is 4370. The van der Waals surface area contributed by atoms with Crippen molar-refractivity contribution in [1.82, 2.24) is 84.0 Å². The number of aliphatic hydroxyl groups excluding tert-OH is 2. The fourth-order valence-corrected chi connectivity index (χ4v) is 13.7. The Hall–Kier alpha value is -13.4. The van der Waals surface area contributed by atoms with Gasteiger partial charge in [-0.05, 0) is 139 Å². The van der Waals surface area contributed by atoms with Crippen LogP contribution in [0.5, 0.6) is 5.75 Å². The second kappa shape index (κ2) is 56.8. The number of nitrogens with one attached hydrogen (secondary N) is 14. The van der Waals surface area contributed by atoms with E-state index in [1.807, 2.05) is 0 Å². The Morgan fingerprint density at radius 3 is 1.27 bits per heavy atom. The average Bonchev–Trinajstić information content (AvgIpc) is 1.65. The molecule has 0 unspecified atom stereocenters. The first-order valence-corrected chi connectivity index (χ1v) is 42.6. The summed E-state index contributed by atoms with van der Waals surface area (Å²) < 4.78 is 0. The smallest absolute Gasteiger partial charge is 0.326 e. The Morgan fingerprint density at radius 1 is 0.443 bits per heavy atom. The SMILES string of the molecule is CC(C)C[C@H](NC(=O)[C@H](CCC(=O)O)NC(=O)[C@H](CCC(=O)O)NC(=O)[C@@H](N)CCCCN)C(=O)N[C@@H](CC(=O)O)C(=O)N[C@@H](CCCCN)C(=O)N[C@@H](Cc1ccc(O)cc1)C(=O)N[C@@H](Cc1ccccc1)C(=O)N[C@@H](CCCCN)C(=O)N[C@@H](CC(N)=O)C(=O)N[C@@H](Cc1c[nH]cn1)C(=O)N[C@H](C(=O)N[C@@H](CO)C(=O)N1CCC[C@H]1C(=O)N[C@@H](CC(=O)O)C(=O)O)[C@@H](C)O. The summed E-state index contributed by atoms with van der Waals surface area (Å²) in [7, 11) is 0. The Labute approximate surface area is 752 Å². The van der Waals surface area contributed by atoms with E-state index in [0.29, 0.717) is 18.4 Å². The van der Waals surface area contributed by atoms with Gasteiger partial charge in [0.2, 0.25) is 88.6 Å². The van der Waals surface area contributed by atoms with Crippen LogP contribution in [0.1, 0.15) is 160 Å². The van der Waals surface area contributed by atoms with Crippen molar-refractivity contribution in [2.24, 2.45) is 34.6 Å². The standard InChI is InChI=1S/C82H123N21O28/c1-42(2)32-53(94-72(120)52(25-27-64(110)111)93-71(119)51(24-26-63(108)109)90-68(116)48(86)16-7-10-28-83)73(121)99-58(37-65(112)113)77(125)92-49(17-8-11-29-84)69(117)95-55(34-45-20-22-47(106)23-21-45)75(123)96-54(33-44-14-5-4-6-15-44)74(122)91-50(18-9-12-30-85)70(118)98-57(36-62(87)107)76(124)97-56(35-46-39-88-41-89-46)78(126)102-67(43(3)105)80(128)101-60(40-104)81(129)103-31-13-19-61(103)79(127)100-59(82(130)131)38-66(114)115/h4-6,14-15,20-23,39,41-43,48-61,67,104-106H,7-13,16-19,24-38,40,83-86H2,1-3H3,(H2,87,107)(H,88,89)(H,90,116)(H,91,122)(H,92,125)(H,93,119)(H,94,120)(H,95,117)(H,96,123)(H,97,124)(H,98,118)(H,99,121)(H,100,127)(H,101,128)(H,102,126)(H,108,109)(H,110,111)(H,112,113)(H,114,115)(H,130,131)/t43-,48+,49+,50+,51+,52+,53+,54+,55+,56+,57+,58+,59+,60+,61+,67+/m1/s1. The number of H-pyrrole nitrogens is 1. The van der Waals surface area contributed by atoms with Crippen LogP contribution in [-0.4, -0.2) is 304 Å². The predicted octanol–water partition coefficient (Wildman–Crippen LogP) is -7.79. The van der Waals surface area contributed by atoms with Gasteiger partial charge in [-0.1, -0.05) is 62.7 Å². The maximum absolute atomic E-state index is 15.2. The summed E-state index contributed by atoms with van der Waals surface area (Å²) in [6.45, 7) is 3.31. The summed E-state index contributed by atoms with van der Waals surface area (Å²) in [5.41, 5.74) is 29.7. The zero-order chi connectivity index (χ0) is 97.7.